The van der Waals surface area contributed by atoms with Gasteiger partial charge in [0.25, 0.3) is 5.91 Å². The van der Waals surface area contributed by atoms with Crippen LogP contribution in [0.2, 0.25) is 0 Å². The number of para-hydroxylation sites is 1. The fourth-order valence-corrected chi connectivity index (χ4v) is 6.02. The number of anilines is 3. The predicted molar refractivity (Wildman–Crippen MR) is 150 cm³/mol. The third-order valence-corrected chi connectivity index (χ3v) is 7.83. The summed E-state index contributed by atoms with van der Waals surface area (Å²) in [5.74, 6) is -0.0704. The van der Waals surface area contributed by atoms with E-state index < -0.39 is 0 Å². The quantitative estimate of drug-likeness (QED) is 0.419. The van der Waals surface area contributed by atoms with Gasteiger partial charge in [0.2, 0.25) is 0 Å². The van der Waals surface area contributed by atoms with Gasteiger partial charge in [0.15, 0.2) is 0 Å². The number of hydrogen-bond acceptors (Lipinski definition) is 4. The molecule has 1 spiro atoms. The highest BCUT2D eigenvalue weighted by atomic mass is 16.2. The van der Waals surface area contributed by atoms with E-state index in [2.05, 4.69) is 66.0 Å². The van der Waals surface area contributed by atoms with Gasteiger partial charge in [-0.15, -0.1) is 0 Å². The van der Waals surface area contributed by atoms with Gasteiger partial charge in [0.05, 0.1) is 0 Å². The summed E-state index contributed by atoms with van der Waals surface area (Å²) in [5.41, 5.74) is 10.5. The zero-order valence-corrected chi connectivity index (χ0v) is 21.1. The molecule has 0 radical (unpaired) electrons. The van der Waals surface area contributed by atoms with Crippen LogP contribution in [0.15, 0.2) is 109 Å². The lowest BCUT2D eigenvalue weighted by Crippen LogP contribution is -2.29. The Balaban J connectivity index is 1.23. The Labute approximate surface area is 217 Å². The van der Waals surface area contributed by atoms with Crippen molar-refractivity contribution in [2.75, 3.05) is 16.8 Å². The van der Waals surface area contributed by atoms with E-state index in [1.165, 1.54) is 22.3 Å². The molecule has 1 aromatic heterocycles. The van der Waals surface area contributed by atoms with E-state index in [4.69, 9.17) is 0 Å². The Morgan fingerprint density at radius 3 is 2.76 bits per heavy atom. The Bertz CT molecular complexity index is 1510. The number of nitrogens with zero attached hydrogens (tertiary/aromatic N) is 2. The summed E-state index contributed by atoms with van der Waals surface area (Å²) >= 11 is 0. The Morgan fingerprint density at radius 1 is 1.08 bits per heavy atom. The summed E-state index contributed by atoms with van der Waals surface area (Å²) in [5, 5.41) is 6.98. The molecule has 0 saturated carbocycles. The molecule has 184 valence electrons. The maximum absolute atomic E-state index is 13.3. The van der Waals surface area contributed by atoms with E-state index in [0.29, 0.717) is 12.2 Å². The first-order valence-electron chi connectivity index (χ1n) is 12.7. The summed E-state index contributed by atoms with van der Waals surface area (Å²) in [6.45, 7) is 11.0. The number of nitrogens with one attached hydrogen (secondary N) is 2. The molecule has 3 aromatic rings. The summed E-state index contributed by atoms with van der Waals surface area (Å²) in [4.78, 5) is 19.5. The third kappa shape index (κ3) is 3.87. The van der Waals surface area contributed by atoms with E-state index >= 15 is 0 Å². The molecule has 2 N–H and O–H groups in total. The van der Waals surface area contributed by atoms with E-state index in [0.717, 1.165) is 47.7 Å². The maximum Gasteiger partial charge on any atom is 0.276 e. The van der Waals surface area contributed by atoms with Crippen molar-refractivity contribution < 1.29 is 4.79 Å². The van der Waals surface area contributed by atoms with Crippen LogP contribution >= 0.6 is 0 Å². The SMILES string of the molecule is C=C/C=C\C1=C(C)NC(=C)C12Cc1ccc(Nc3ccnc(C(=O)N4CCc5ccccc54)c3)cc1C2. The molecule has 2 aliphatic heterocycles. The molecular formula is C32H30N4O. The van der Waals surface area contributed by atoms with Gasteiger partial charge in [-0.05, 0) is 78.8 Å². The lowest BCUT2D eigenvalue weighted by molar-refractivity contribution is 0.0984. The average Bonchev–Trinajstić information content (AvgIpc) is 3.56. The molecule has 1 atom stereocenters. The van der Waals surface area contributed by atoms with Gasteiger partial charge in [-0.25, -0.2) is 0 Å². The normalized spacial score (nSPS) is 19.9. The Hall–Kier alpha value is -4.38. The highest BCUT2D eigenvalue weighted by molar-refractivity contribution is 6.06. The zero-order chi connectivity index (χ0) is 25.6. The van der Waals surface area contributed by atoms with Crippen LogP contribution in [0.3, 0.4) is 0 Å². The van der Waals surface area contributed by atoms with Crippen molar-refractivity contribution in [1.82, 2.24) is 10.3 Å². The molecule has 3 aliphatic rings. The van der Waals surface area contributed by atoms with Crippen LogP contribution in [0.5, 0.6) is 0 Å². The standard InChI is InChI=1S/C32H30N4O/c1-4-5-9-28-21(2)34-22(3)32(28)19-24-11-12-26(17-25(24)20-32)35-27-13-15-33-29(18-27)31(37)36-16-14-23-8-6-7-10-30(23)36/h4-13,15,17-18,34H,1,3,14,16,19-20H2,2H3,(H,33,35)/b9-5-. The largest absolute Gasteiger partial charge is 0.362 e. The molecule has 5 heteroatoms. The van der Waals surface area contributed by atoms with Crippen molar-refractivity contribution in [3.05, 3.63) is 132 Å². The summed E-state index contributed by atoms with van der Waals surface area (Å²) < 4.78 is 0. The minimum Gasteiger partial charge on any atom is -0.362 e. The molecule has 0 saturated heterocycles. The van der Waals surface area contributed by atoms with Gasteiger partial charge in [-0.1, -0.05) is 55.7 Å². The Kier molecular flexibility index (Phi) is 5.56. The third-order valence-electron chi connectivity index (χ3n) is 7.83. The van der Waals surface area contributed by atoms with Gasteiger partial charge < -0.3 is 15.5 Å². The number of hydrogen-bond donors (Lipinski definition) is 2. The number of carbonyl (C=O) groups excluding carboxylic acids is 1. The maximum atomic E-state index is 13.3. The van der Waals surface area contributed by atoms with Crippen molar-refractivity contribution in [1.29, 1.82) is 0 Å². The van der Waals surface area contributed by atoms with Gasteiger partial charge in [0.1, 0.15) is 5.69 Å². The molecule has 0 bridgehead atoms. The van der Waals surface area contributed by atoms with Crippen molar-refractivity contribution >= 4 is 23.0 Å². The van der Waals surface area contributed by atoms with Gasteiger partial charge in [-0.3, -0.25) is 9.78 Å². The molecule has 6 rings (SSSR count). The number of allylic oxidation sites excluding steroid dienone is 5. The summed E-state index contributed by atoms with van der Waals surface area (Å²) in [6, 6.07) is 18.3. The van der Waals surface area contributed by atoms with Crippen LogP contribution in [-0.4, -0.2) is 17.4 Å². The number of fused-ring (bicyclic) bond motifs is 2. The lowest BCUT2D eigenvalue weighted by Gasteiger charge is -2.26. The smallest absolute Gasteiger partial charge is 0.276 e. The second-order valence-corrected chi connectivity index (χ2v) is 10.0. The van der Waals surface area contributed by atoms with Crippen LogP contribution in [0.1, 0.15) is 34.1 Å². The van der Waals surface area contributed by atoms with Crippen LogP contribution in [0, 0.1) is 5.41 Å². The lowest BCUT2D eigenvalue weighted by atomic mass is 9.76. The van der Waals surface area contributed by atoms with Gasteiger partial charge >= 0.3 is 0 Å². The van der Waals surface area contributed by atoms with Crippen LogP contribution in [-0.2, 0) is 19.3 Å². The van der Waals surface area contributed by atoms with Crippen LogP contribution < -0.4 is 15.5 Å². The number of carbonyl (C=O) groups is 1. The number of benzene rings is 2. The monoisotopic (exact) mass is 486 g/mol. The first kappa shape index (κ1) is 23.0. The van der Waals surface area contributed by atoms with E-state index in [9.17, 15) is 4.79 Å². The van der Waals surface area contributed by atoms with Crippen molar-refractivity contribution in [2.24, 2.45) is 5.41 Å². The predicted octanol–water partition coefficient (Wildman–Crippen LogP) is 6.25. The first-order chi connectivity index (χ1) is 18.0. The van der Waals surface area contributed by atoms with Gasteiger partial charge in [0, 0.05) is 46.6 Å². The van der Waals surface area contributed by atoms with Crippen molar-refractivity contribution in [2.45, 2.75) is 26.2 Å². The van der Waals surface area contributed by atoms with Gasteiger partial charge in [-0.2, -0.15) is 0 Å². The van der Waals surface area contributed by atoms with Crippen molar-refractivity contribution in [3.63, 3.8) is 0 Å². The molecule has 1 amide bonds. The topological polar surface area (TPSA) is 57.3 Å². The number of amides is 1. The highest BCUT2D eigenvalue weighted by Crippen LogP contribution is 2.51. The van der Waals surface area contributed by atoms with Crippen LogP contribution in [0.25, 0.3) is 0 Å². The minimum absolute atomic E-state index is 0.0704. The van der Waals surface area contributed by atoms with E-state index in [1.807, 2.05) is 47.4 Å². The molecule has 37 heavy (non-hydrogen) atoms. The number of aromatic nitrogens is 1. The molecule has 1 unspecified atom stereocenters. The first-order valence-corrected chi connectivity index (χ1v) is 12.7. The molecule has 1 aliphatic carbocycles. The second kappa shape index (κ2) is 8.93. The second-order valence-electron chi connectivity index (χ2n) is 10.0. The summed E-state index contributed by atoms with van der Waals surface area (Å²) in [7, 11) is 0. The average molecular weight is 487 g/mol. The minimum atomic E-state index is -0.132. The van der Waals surface area contributed by atoms with Crippen molar-refractivity contribution in [3.8, 4) is 0 Å². The zero-order valence-electron chi connectivity index (χ0n) is 21.1. The molecule has 2 aromatic carbocycles. The molecule has 0 fully saturated rings. The summed E-state index contributed by atoms with van der Waals surface area (Å²) in [6.07, 6.45) is 10.4. The number of pyridine rings is 1. The highest BCUT2D eigenvalue weighted by Gasteiger charge is 2.46. The van der Waals surface area contributed by atoms with Crippen LogP contribution in [0.4, 0.5) is 17.1 Å². The fourth-order valence-electron chi connectivity index (χ4n) is 6.02. The fraction of sp³-hybridized carbons (Fsp3) is 0.188. The molecular weight excluding hydrogens is 456 g/mol. The van der Waals surface area contributed by atoms with E-state index in [1.54, 1.807) is 6.20 Å². The number of rotatable bonds is 5. The Morgan fingerprint density at radius 2 is 1.89 bits per heavy atom. The molecule has 5 nitrogen and oxygen atoms in total. The van der Waals surface area contributed by atoms with E-state index in [-0.39, 0.29) is 11.3 Å². The molecule has 3 heterocycles.